The summed E-state index contributed by atoms with van der Waals surface area (Å²) in [5.41, 5.74) is 1.23. The highest BCUT2D eigenvalue weighted by atomic mass is 35.5. The number of halogens is 1. The summed E-state index contributed by atoms with van der Waals surface area (Å²) in [7, 11) is 0. The van der Waals surface area contributed by atoms with Gasteiger partial charge < -0.3 is 5.11 Å². The number of nitrogens with zero attached hydrogens (tertiary/aromatic N) is 1. The van der Waals surface area contributed by atoms with Gasteiger partial charge >= 0.3 is 5.97 Å². The lowest BCUT2D eigenvalue weighted by molar-refractivity contribution is -0.142. The Morgan fingerprint density at radius 1 is 1.67 bits per heavy atom. The molecule has 1 aliphatic rings. The molecule has 1 atom stereocenters. The van der Waals surface area contributed by atoms with Gasteiger partial charge in [0.05, 0.1) is 0 Å². The van der Waals surface area contributed by atoms with Gasteiger partial charge in [0.1, 0.15) is 6.04 Å². The van der Waals surface area contributed by atoms with Crippen LogP contribution in [0.3, 0.4) is 0 Å². The van der Waals surface area contributed by atoms with Crippen molar-refractivity contribution in [3.8, 4) is 0 Å². The number of aliphatic carboxylic acids is 1. The molecular weight excluding hydrogens is 234 g/mol. The first-order valence-corrected chi connectivity index (χ1v) is 5.69. The first kappa shape index (κ1) is 12.5. The highest BCUT2D eigenvalue weighted by Crippen LogP contribution is 2.20. The van der Waals surface area contributed by atoms with Crippen LogP contribution in [0.2, 0.25) is 0 Å². The first-order chi connectivity index (χ1) is 6.77. The zero-order valence-electron chi connectivity index (χ0n) is 8.26. The van der Waals surface area contributed by atoms with E-state index >= 15 is 0 Å². The summed E-state index contributed by atoms with van der Waals surface area (Å²) in [5, 5.41) is 13.1. The van der Waals surface area contributed by atoms with E-state index in [4.69, 9.17) is 5.11 Å². The van der Waals surface area contributed by atoms with Gasteiger partial charge in [-0.3, -0.25) is 9.69 Å². The second-order valence-electron chi connectivity index (χ2n) is 3.60. The maximum atomic E-state index is 10.9. The van der Waals surface area contributed by atoms with E-state index < -0.39 is 5.97 Å². The summed E-state index contributed by atoms with van der Waals surface area (Å²) in [6, 6.07) is 1.79. The SMILES string of the molecule is Cl.O=C(O)C1CCCN1Cc1ccsc1. The topological polar surface area (TPSA) is 40.5 Å². The van der Waals surface area contributed by atoms with E-state index in [0.717, 1.165) is 25.9 Å². The quantitative estimate of drug-likeness (QED) is 0.891. The van der Waals surface area contributed by atoms with Gasteiger partial charge in [-0.2, -0.15) is 11.3 Å². The molecule has 0 bridgehead atoms. The standard InChI is InChI=1S/C10H13NO2S.ClH/c12-10(13)9-2-1-4-11(9)6-8-3-5-14-7-8;/h3,5,7,9H,1-2,4,6H2,(H,12,13);1H. The molecule has 15 heavy (non-hydrogen) atoms. The molecule has 0 saturated carbocycles. The lowest BCUT2D eigenvalue weighted by atomic mass is 10.2. The van der Waals surface area contributed by atoms with Crippen molar-refractivity contribution in [1.29, 1.82) is 0 Å². The van der Waals surface area contributed by atoms with Gasteiger partial charge in [0.25, 0.3) is 0 Å². The van der Waals surface area contributed by atoms with Gasteiger partial charge in [-0.05, 0) is 41.8 Å². The minimum atomic E-state index is -0.683. The van der Waals surface area contributed by atoms with Gasteiger partial charge in [-0.1, -0.05) is 0 Å². The fourth-order valence-electron chi connectivity index (χ4n) is 1.91. The lowest BCUT2D eigenvalue weighted by Crippen LogP contribution is -2.35. The van der Waals surface area contributed by atoms with Crippen LogP contribution in [-0.4, -0.2) is 28.6 Å². The predicted molar refractivity (Wildman–Crippen MR) is 62.6 cm³/mol. The largest absolute Gasteiger partial charge is 0.480 e. The van der Waals surface area contributed by atoms with Crippen molar-refractivity contribution in [3.05, 3.63) is 22.4 Å². The van der Waals surface area contributed by atoms with Crippen LogP contribution in [-0.2, 0) is 11.3 Å². The fraction of sp³-hybridized carbons (Fsp3) is 0.500. The third-order valence-corrected chi connectivity index (χ3v) is 3.35. The molecule has 1 aromatic heterocycles. The van der Waals surface area contributed by atoms with Crippen LogP contribution in [0.25, 0.3) is 0 Å². The third kappa shape index (κ3) is 2.93. The average Bonchev–Trinajstić information content (AvgIpc) is 2.75. The molecule has 2 rings (SSSR count). The minimum Gasteiger partial charge on any atom is -0.480 e. The molecule has 1 fully saturated rings. The molecule has 0 spiro atoms. The van der Waals surface area contributed by atoms with Crippen molar-refractivity contribution in [2.75, 3.05) is 6.54 Å². The van der Waals surface area contributed by atoms with Crippen molar-refractivity contribution in [2.24, 2.45) is 0 Å². The van der Waals surface area contributed by atoms with Gasteiger partial charge in [-0.25, -0.2) is 0 Å². The fourth-order valence-corrected chi connectivity index (χ4v) is 2.57. The van der Waals surface area contributed by atoms with Gasteiger partial charge in [0, 0.05) is 6.54 Å². The molecule has 5 heteroatoms. The van der Waals surface area contributed by atoms with E-state index in [9.17, 15) is 4.79 Å². The van der Waals surface area contributed by atoms with Crippen LogP contribution in [0, 0.1) is 0 Å². The van der Waals surface area contributed by atoms with Gasteiger partial charge in [0.2, 0.25) is 0 Å². The van der Waals surface area contributed by atoms with E-state index in [2.05, 4.69) is 11.4 Å². The molecule has 1 aliphatic heterocycles. The highest BCUT2D eigenvalue weighted by molar-refractivity contribution is 7.07. The van der Waals surface area contributed by atoms with E-state index in [1.807, 2.05) is 10.3 Å². The summed E-state index contributed by atoms with van der Waals surface area (Å²) < 4.78 is 0. The minimum absolute atomic E-state index is 0. The Bertz CT molecular complexity index is 315. The Morgan fingerprint density at radius 2 is 2.47 bits per heavy atom. The predicted octanol–water partition coefficient (Wildman–Crippen LogP) is 2.22. The lowest BCUT2D eigenvalue weighted by Gasteiger charge is -2.19. The molecular formula is C10H14ClNO2S. The van der Waals surface area contributed by atoms with Crippen molar-refractivity contribution < 1.29 is 9.90 Å². The molecule has 0 aliphatic carbocycles. The smallest absolute Gasteiger partial charge is 0.320 e. The van der Waals surface area contributed by atoms with E-state index in [1.54, 1.807) is 11.3 Å². The molecule has 2 heterocycles. The Balaban J connectivity index is 0.00000112. The Morgan fingerprint density at radius 3 is 3.07 bits per heavy atom. The van der Waals surface area contributed by atoms with Crippen molar-refractivity contribution in [3.63, 3.8) is 0 Å². The third-order valence-electron chi connectivity index (χ3n) is 2.61. The number of likely N-dealkylation sites (tertiary alicyclic amines) is 1. The maximum absolute atomic E-state index is 10.9. The van der Waals surface area contributed by atoms with Crippen LogP contribution >= 0.6 is 23.7 Å². The molecule has 0 amide bonds. The molecule has 1 unspecified atom stereocenters. The number of carboxylic acid groups (broad SMARTS) is 1. The monoisotopic (exact) mass is 247 g/mol. The summed E-state index contributed by atoms with van der Waals surface area (Å²) in [6.07, 6.45) is 1.79. The van der Waals surface area contributed by atoms with Crippen molar-refractivity contribution in [1.82, 2.24) is 4.90 Å². The average molecular weight is 248 g/mol. The van der Waals surface area contributed by atoms with Crippen LogP contribution < -0.4 is 0 Å². The Labute approximate surface area is 99.1 Å². The second kappa shape index (κ2) is 5.49. The number of hydrogen-bond donors (Lipinski definition) is 1. The van der Waals surface area contributed by atoms with Crippen molar-refractivity contribution >= 4 is 29.7 Å². The first-order valence-electron chi connectivity index (χ1n) is 4.75. The van der Waals surface area contributed by atoms with Crippen LogP contribution in [0.15, 0.2) is 16.8 Å². The molecule has 0 radical (unpaired) electrons. The number of rotatable bonds is 3. The number of carboxylic acids is 1. The molecule has 84 valence electrons. The van der Waals surface area contributed by atoms with Crippen LogP contribution in [0.4, 0.5) is 0 Å². The normalized spacial score (nSPS) is 21.2. The Kier molecular flexibility index (Phi) is 4.57. The molecule has 0 aromatic carbocycles. The zero-order chi connectivity index (χ0) is 9.97. The maximum Gasteiger partial charge on any atom is 0.320 e. The van der Waals surface area contributed by atoms with E-state index in [0.29, 0.717) is 0 Å². The molecule has 3 nitrogen and oxygen atoms in total. The second-order valence-corrected chi connectivity index (χ2v) is 4.38. The summed E-state index contributed by atoms with van der Waals surface area (Å²) in [4.78, 5) is 12.9. The summed E-state index contributed by atoms with van der Waals surface area (Å²) >= 11 is 1.66. The molecule has 1 aromatic rings. The summed E-state index contributed by atoms with van der Waals surface area (Å²) in [5.74, 6) is -0.683. The summed E-state index contributed by atoms with van der Waals surface area (Å²) in [6.45, 7) is 1.69. The highest BCUT2D eigenvalue weighted by Gasteiger charge is 2.30. The van der Waals surface area contributed by atoms with Gasteiger partial charge in [0.15, 0.2) is 0 Å². The van der Waals surface area contributed by atoms with Crippen LogP contribution in [0.5, 0.6) is 0 Å². The molecule has 1 saturated heterocycles. The molecule has 1 N–H and O–H groups in total. The number of carbonyl (C=O) groups is 1. The zero-order valence-corrected chi connectivity index (χ0v) is 9.89. The Hall–Kier alpha value is -0.580. The number of hydrogen-bond acceptors (Lipinski definition) is 3. The van der Waals surface area contributed by atoms with Gasteiger partial charge in [-0.15, -0.1) is 12.4 Å². The van der Waals surface area contributed by atoms with Crippen molar-refractivity contribution in [2.45, 2.75) is 25.4 Å². The number of thiophene rings is 1. The van der Waals surface area contributed by atoms with E-state index in [1.165, 1.54) is 5.56 Å². The van der Waals surface area contributed by atoms with E-state index in [-0.39, 0.29) is 18.4 Å². The van der Waals surface area contributed by atoms with Crippen LogP contribution in [0.1, 0.15) is 18.4 Å².